The highest BCUT2D eigenvalue weighted by atomic mass is 127. The van der Waals surface area contributed by atoms with E-state index < -0.39 is 17.4 Å². The number of hydrogen-bond acceptors (Lipinski definition) is 4. The van der Waals surface area contributed by atoms with E-state index in [1.165, 1.54) is 0 Å². The topological polar surface area (TPSA) is 57.1 Å². The fourth-order valence-corrected chi connectivity index (χ4v) is 2.35. The smallest absolute Gasteiger partial charge is 0.287 e. The van der Waals surface area contributed by atoms with Crippen LogP contribution >= 0.6 is 0 Å². The molecule has 0 bridgehead atoms. The SMILES string of the molecule is CN=CNCC(C)(C(O)OC(C)(C)[C@@H](C)/C=C\[IH+])N(C)C. The van der Waals surface area contributed by atoms with Crippen molar-refractivity contribution in [3.63, 3.8) is 0 Å². The van der Waals surface area contributed by atoms with Crippen LogP contribution in [0.4, 0.5) is 0 Å². The molecule has 6 heteroatoms. The van der Waals surface area contributed by atoms with Crippen molar-refractivity contribution < 1.29 is 32.4 Å². The second-order valence-electron chi connectivity index (χ2n) is 6.21. The summed E-state index contributed by atoms with van der Waals surface area (Å²) in [5, 5.41) is 13.7. The fraction of sp³-hybridized carbons (Fsp3) is 0.800. The van der Waals surface area contributed by atoms with Crippen LogP contribution in [0.3, 0.4) is 0 Å². The number of halogens is 1. The Balaban J connectivity index is 5.01. The minimum Gasteiger partial charge on any atom is -0.374 e. The highest BCUT2D eigenvalue weighted by Gasteiger charge is 2.40. The summed E-state index contributed by atoms with van der Waals surface area (Å²) in [6, 6.07) is 0. The van der Waals surface area contributed by atoms with Gasteiger partial charge in [0, 0.05) is 19.5 Å². The van der Waals surface area contributed by atoms with Crippen molar-refractivity contribution in [1.82, 2.24) is 10.2 Å². The fourth-order valence-electron chi connectivity index (χ4n) is 1.68. The van der Waals surface area contributed by atoms with Crippen molar-refractivity contribution in [2.45, 2.75) is 45.1 Å². The summed E-state index contributed by atoms with van der Waals surface area (Å²) >= 11 is 1.92. The van der Waals surface area contributed by atoms with E-state index in [1.54, 1.807) is 13.4 Å². The molecule has 0 aliphatic carbocycles. The van der Waals surface area contributed by atoms with Gasteiger partial charge in [-0.2, -0.15) is 0 Å². The highest BCUT2D eigenvalue weighted by Crippen LogP contribution is 2.28. The van der Waals surface area contributed by atoms with Crippen LogP contribution in [0.1, 0.15) is 27.7 Å². The van der Waals surface area contributed by atoms with Crippen molar-refractivity contribution in [2.75, 3.05) is 27.7 Å². The van der Waals surface area contributed by atoms with Crippen LogP contribution in [0.25, 0.3) is 0 Å². The molecule has 0 saturated carbocycles. The summed E-state index contributed by atoms with van der Waals surface area (Å²) in [5.74, 6) is 0.205. The third-order valence-corrected chi connectivity index (χ3v) is 4.56. The molecule has 0 aromatic carbocycles. The van der Waals surface area contributed by atoms with E-state index in [0.29, 0.717) is 6.54 Å². The maximum absolute atomic E-state index is 10.6. The van der Waals surface area contributed by atoms with Gasteiger partial charge in [-0.25, -0.2) is 0 Å². The van der Waals surface area contributed by atoms with Gasteiger partial charge in [0.05, 0.1) is 17.5 Å². The molecule has 0 aromatic heterocycles. The quantitative estimate of drug-likeness (QED) is 0.201. The Morgan fingerprint density at radius 2 is 1.95 bits per heavy atom. The van der Waals surface area contributed by atoms with E-state index in [-0.39, 0.29) is 5.92 Å². The molecule has 21 heavy (non-hydrogen) atoms. The van der Waals surface area contributed by atoms with Gasteiger partial charge in [-0.05, 0) is 40.9 Å². The van der Waals surface area contributed by atoms with Gasteiger partial charge < -0.3 is 15.2 Å². The maximum atomic E-state index is 10.6. The minimum atomic E-state index is -0.922. The zero-order valence-electron chi connectivity index (χ0n) is 14.3. The number of aliphatic imine (C=N–C) groups is 1. The molecule has 5 nitrogen and oxygen atoms in total. The Kier molecular flexibility index (Phi) is 8.99. The zero-order chi connectivity index (χ0) is 16.7. The second kappa shape index (κ2) is 9.07. The van der Waals surface area contributed by atoms with Gasteiger partial charge >= 0.3 is 0 Å². The number of likely N-dealkylation sites (N-methyl/N-ethyl adjacent to an activating group) is 1. The van der Waals surface area contributed by atoms with Crippen molar-refractivity contribution in [3.05, 3.63) is 10.2 Å². The van der Waals surface area contributed by atoms with Crippen molar-refractivity contribution in [1.29, 1.82) is 0 Å². The molecule has 2 N–H and O–H groups in total. The summed E-state index contributed by atoms with van der Waals surface area (Å²) < 4.78 is 8.01. The Morgan fingerprint density at radius 3 is 2.38 bits per heavy atom. The Morgan fingerprint density at radius 1 is 1.38 bits per heavy atom. The van der Waals surface area contributed by atoms with E-state index in [2.05, 4.69) is 23.3 Å². The van der Waals surface area contributed by atoms with E-state index in [1.807, 2.05) is 66.4 Å². The van der Waals surface area contributed by atoms with Crippen LogP contribution in [-0.2, 0) is 4.74 Å². The molecule has 2 unspecified atom stereocenters. The van der Waals surface area contributed by atoms with E-state index in [4.69, 9.17) is 4.74 Å². The third kappa shape index (κ3) is 6.22. The summed E-state index contributed by atoms with van der Waals surface area (Å²) in [4.78, 5) is 5.86. The first-order chi connectivity index (χ1) is 9.61. The molecule has 0 amide bonds. The van der Waals surface area contributed by atoms with Crippen LogP contribution in [0, 0.1) is 5.92 Å². The van der Waals surface area contributed by atoms with Gasteiger partial charge in [-0.3, -0.25) is 9.89 Å². The number of hydrogen-bond donors (Lipinski definition) is 2. The standard InChI is InChI=1S/C15H31IN3O2/c1-12(8-9-16)14(2,3)21-13(20)15(4,19(6)7)10-18-11-17-5/h8-9,11-13,16,20H,10H2,1-7H3,(H,17,18)/q+1/b9-8-/t12-,13?,15?/m0/s1. The molecule has 0 aromatic rings. The Bertz CT molecular complexity index is 359. The number of aliphatic hydroxyl groups is 1. The van der Waals surface area contributed by atoms with Gasteiger partial charge in [-0.15, -0.1) is 0 Å². The van der Waals surface area contributed by atoms with Crippen molar-refractivity contribution in [2.24, 2.45) is 10.9 Å². The van der Waals surface area contributed by atoms with Gasteiger partial charge in [0.1, 0.15) is 4.08 Å². The number of rotatable bonds is 9. The summed E-state index contributed by atoms with van der Waals surface area (Å²) in [5.41, 5.74) is -1.02. The van der Waals surface area contributed by atoms with E-state index >= 15 is 0 Å². The Hall–Kier alpha value is -0.180. The van der Waals surface area contributed by atoms with Gasteiger partial charge in [0.15, 0.2) is 6.29 Å². The van der Waals surface area contributed by atoms with Crippen LogP contribution in [0.15, 0.2) is 15.2 Å². The molecular weight excluding hydrogens is 381 g/mol. The molecule has 0 fully saturated rings. The Labute approximate surface area is 143 Å². The zero-order valence-corrected chi connectivity index (χ0v) is 16.6. The van der Waals surface area contributed by atoms with Crippen LogP contribution in [-0.4, -0.2) is 61.5 Å². The first kappa shape index (κ1) is 20.8. The van der Waals surface area contributed by atoms with Crippen molar-refractivity contribution >= 4 is 6.34 Å². The number of ether oxygens (including phenoxy) is 1. The lowest BCUT2D eigenvalue weighted by molar-refractivity contribution is -0.276. The molecule has 0 rings (SSSR count). The number of nitrogens with one attached hydrogen (secondary N) is 1. The second-order valence-corrected chi connectivity index (χ2v) is 6.99. The minimum absolute atomic E-state index is 0.205. The maximum Gasteiger partial charge on any atom is 0.287 e. The molecule has 0 heterocycles. The van der Waals surface area contributed by atoms with Gasteiger partial charge in [0.25, 0.3) is 22.6 Å². The molecule has 3 atom stereocenters. The van der Waals surface area contributed by atoms with Gasteiger partial charge in [-0.1, -0.05) is 6.92 Å². The molecule has 0 spiro atoms. The lowest BCUT2D eigenvalue weighted by atomic mass is 9.91. The first-order valence-electron chi connectivity index (χ1n) is 7.07. The number of nitrogens with zero attached hydrogens (tertiary/aromatic N) is 2. The molecule has 0 radical (unpaired) electrons. The van der Waals surface area contributed by atoms with Gasteiger partial charge in [0.2, 0.25) is 0 Å². The van der Waals surface area contributed by atoms with E-state index in [9.17, 15) is 5.11 Å². The van der Waals surface area contributed by atoms with Crippen molar-refractivity contribution in [3.8, 4) is 0 Å². The summed E-state index contributed by atoms with van der Waals surface area (Å²) in [6.07, 6.45) is 2.79. The largest absolute Gasteiger partial charge is 0.374 e. The van der Waals surface area contributed by atoms with Crippen LogP contribution in [0.2, 0.25) is 0 Å². The third-order valence-electron chi connectivity index (χ3n) is 4.11. The lowest BCUT2D eigenvalue weighted by Gasteiger charge is -2.44. The summed E-state index contributed by atoms with van der Waals surface area (Å²) in [7, 11) is 5.56. The highest BCUT2D eigenvalue weighted by molar-refractivity contribution is 5.53. The van der Waals surface area contributed by atoms with Crippen LogP contribution in [0.5, 0.6) is 0 Å². The van der Waals surface area contributed by atoms with E-state index in [0.717, 1.165) is 0 Å². The molecular formula is C15H31IN3O2+. The average molecular weight is 412 g/mol. The lowest BCUT2D eigenvalue weighted by Crippen LogP contribution is -3.30. The predicted octanol–water partition coefficient (Wildman–Crippen LogP) is -1.90. The summed E-state index contributed by atoms with van der Waals surface area (Å²) in [6.45, 7) is 8.58. The van der Waals surface area contributed by atoms with Crippen LogP contribution < -0.4 is 27.9 Å². The molecule has 124 valence electrons. The predicted molar refractivity (Wildman–Crippen MR) is 85.4 cm³/mol. The number of aliphatic hydroxyl groups excluding tert-OH is 1. The first-order valence-corrected chi connectivity index (χ1v) is 8.42. The molecule has 0 aliphatic heterocycles. The monoisotopic (exact) mass is 412 g/mol. The molecule has 0 aliphatic rings. The normalized spacial score (nSPS) is 19.1. The molecule has 0 saturated heterocycles. The average Bonchev–Trinajstić information content (AvgIpc) is 2.38.